The molecule has 0 aliphatic carbocycles. The lowest BCUT2D eigenvalue weighted by atomic mass is 9.91. The quantitative estimate of drug-likeness (QED) is 0.211. The summed E-state index contributed by atoms with van der Waals surface area (Å²) < 4.78 is 32.4. The molecule has 12 heteroatoms. The van der Waals surface area contributed by atoms with Gasteiger partial charge in [0.15, 0.2) is 0 Å². The molecule has 3 aromatic heterocycles. The fourth-order valence-electron chi connectivity index (χ4n) is 5.87. The zero-order valence-corrected chi connectivity index (χ0v) is 25.5. The average molecular weight is 617 g/mol. The van der Waals surface area contributed by atoms with Crippen molar-refractivity contribution in [3.05, 3.63) is 83.8 Å². The summed E-state index contributed by atoms with van der Waals surface area (Å²) in [6.45, 7) is 4.83. The van der Waals surface area contributed by atoms with E-state index in [9.17, 15) is 9.18 Å². The standard InChI is InChI=1S/C33H37FN6O5/c1-22-29(18-27(41)16-24-21-39(12-15-42-2)45-32(24)23-8-11-35-30(34)17-23)40(26-6-4-3-5-7-26)38-31(22)25-19-36-33(37-20-25)44-28-9-13-43-14-10-28/h3-8,11,17,19-20,24,28,32H,9-10,12-16,18,21H2,1-2H3/t24-,32+/m1/s1. The van der Waals surface area contributed by atoms with Gasteiger partial charge in [-0.3, -0.25) is 9.63 Å². The minimum absolute atomic E-state index is 0.0277. The zero-order valence-electron chi connectivity index (χ0n) is 25.5. The van der Waals surface area contributed by atoms with E-state index in [1.807, 2.05) is 41.9 Å². The number of hydrogen-bond acceptors (Lipinski definition) is 10. The van der Waals surface area contributed by atoms with Crippen molar-refractivity contribution < 1.29 is 28.2 Å². The lowest BCUT2D eigenvalue weighted by molar-refractivity contribution is -0.155. The molecule has 236 valence electrons. The number of carbonyl (C=O) groups excluding carboxylic acids is 1. The van der Waals surface area contributed by atoms with Crippen LogP contribution in [0.15, 0.2) is 61.1 Å². The molecule has 0 unspecified atom stereocenters. The second-order valence-corrected chi connectivity index (χ2v) is 11.3. The van der Waals surface area contributed by atoms with Crippen LogP contribution in [0, 0.1) is 18.8 Å². The van der Waals surface area contributed by atoms with Crippen molar-refractivity contribution in [3.63, 3.8) is 0 Å². The Kier molecular flexibility index (Phi) is 9.84. The first-order valence-electron chi connectivity index (χ1n) is 15.2. The molecule has 1 aromatic carbocycles. The first-order valence-corrected chi connectivity index (χ1v) is 15.2. The van der Waals surface area contributed by atoms with Crippen LogP contribution in [-0.2, 0) is 25.5 Å². The van der Waals surface area contributed by atoms with E-state index < -0.39 is 12.1 Å². The van der Waals surface area contributed by atoms with Gasteiger partial charge in [-0.2, -0.15) is 14.6 Å². The largest absolute Gasteiger partial charge is 0.460 e. The molecule has 2 atom stereocenters. The maximum absolute atomic E-state index is 14.0. The third kappa shape index (κ3) is 7.42. The Labute approximate surface area is 261 Å². The highest BCUT2D eigenvalue weighted by Gasteiger charge is 2.37. The van der Waals surface area contributed by atoms with Crippen molar-refractivity contribution in [2.45, 2.75) is 44.8 Å². The molecule has 11 nitrogen and oxygen atoms in total. The van der Waals surface area contributed by atoms with Crippen LogP contribution in [0.25, 0.3) is 16.9 Å². The SMILES string of the molecule is COCCN1C[C@@H](CC(=O)Cc2c(C)c(-c3cnc(OC4CCOCC4)nc3)nn2-c2ccccc2)[C@H](c2ccnc(F)c2)O1. The first kappa shape index (κ1) is 30.9. The Balaban J connectivity index is 1.23. The number of pyridine rings is 1. The molecule has 2 aliphatic rings. The molecule has 0 radical (unpaired) electrons. The monoisotopic (exact) mass is 616 g/mol. The number of Topliss-reactive ketones (excluding diaryl/α,β-unsaturated/α-hetero) is 1. The number of para-hydroxylation sites is 1. The Hall–Kier alpha value is -4.10. The lowest BCUT2D eigenvalue weighted by Crippen LogP contribution is -2.26. The van der Waals surface area contributed by atoms with Crippen LogP contribution in [0.2, 0.25) is 0 Å². The summed E-state index contributed by atoms with van der Waals surface area (Å²) >= 11 is 0. The average Bonchev–Trinajstić information content (AvgIpc) is 3.61. The van der Waals surface area contributed by atoms with Gasteiger partial charge in [0.2, 0.25) is 5.95 Å². The summed E-state index contributed by atoms with van der Waals surface area (Å²) in [5, 5.41) is 6.72. The molecular formula is C33H37FN6O5. The third-order valence-electron chi connectivity index (χ3n) is 8.19. The number of nitrogens with zero attached hydrogens (tertiary/aromatic N) is 6. The minimum atomic E-state index is -0.585. The number of benzene rings is 1. The molecule has 0 amide bonds. The number of carbonyl (C=O) groups is 1. The topological polar surface area (TPSA) is 114 Å². The molecule has 2 saturated heterocycles. The normalized spacial score (nSPS) is 19.2. The Morgan fingerprint density at radius 3 is 2.60 bits per heavy atom. The van der Waals surface area contributed by atoms with Crippen molar-refractivity contribution in [1.29, 1.82) is 0 Å². The number of halogens is 1. The molecule has 4 aromatic rings. The van der Waals surface area contributed by atoms with Crippen LogP contribution in [0.4, 0.5) is 4.39 Å². The van der Waals surface area contributed by atoms with Crippen molar-refractivity contribution in [2.75, 3.05) is 40.0 Å². The van der Waals surface area contributed by atoms with Gasteiger partial charge in [0.1, 0.15) is 18.0 Å². The molecule has 45 heavy (non-hydrogen) atoms. The maximum Gasteiger partial charge on any atom is 0.316 e. The summed E-state index contributed by atoms with van der Waals surface area (Å²) in [7, 11) is 1.63. The van der Waals surface area contributed by atoms with Gasteiger partial charge in [-0.25, -0.2) is 19.6 Å². The summed E-state index contributed by atoms with van der Waals surface area (Å²) in [5.41, 5.74) is 4.57. The molecule has 0 saturated carbocycles. The van der Waals surface area contributed by atoms with E-state index in [0.29, 0.717) is 50.2 Å². The van der Waals surface area contributed by atoms with E-state index in [1.165, 1.54) is 12.3 Å². The van der Waals surface area contributed by atoms with Gasteiger partial charge in [0.05, 0.1) is 36.9 Å². The van der Waals surface area contributed by atoms with E-state index in [1.54, 1.807) is 30.6 Å². The smallest absolute Gasteiger partial charge is 0.316 e. The Morgan fingerprint density at radius 2 is 1.87 bits per heavy atom. The number of aromatic nitrogens is 5. The number of ketones is 1. The van der Waals surface area contributed by atoms with Crippen LogP contribution in [0.1, 0.15) is 42.2 Å². The summed E-state index contributed by atoms with van der Waals surface area (Å²) in [6.07, 6.45) is 6.42. The summed E-state index contributed by atoms with van der Waals surface area (Å²) in [4.78, 5) is 32.5. The fourth-order valence-corrected chi connectivity index (χ4v) is 5.87. The van der Waals surface area contributed by atoms with Crippen molar-refractivity contribution in [2.24, 2.45) is 5.92 Å². The highest BCUT2D eigenvalue weighted by Crippen LogP contribution is 2.37. The number of hydroxylamine groups is 2. The molecule has 0 N–H and O–H groups in total. The molecule has 0 bridgehead atoms. The van der Waals surface area contributed by atoms with Crippen LogP contribution >= 0.6 is 0 Å². The molecule has 5 heterocycles. The van der Waals surface area contributed by atoms with Crippen LogP contribution < -0.4 is 4.74 Å². The first-order chi connectivity index (χ1) is 22.0. The van der Waals surface area contributed by atoms with E-state index in [-0.39, 0.29) is 30.6 Å². The number of ether oxygens (including phenoxy) is 3. The fraction of sp³-hybridized carbons (Fsp3) is 0.424. The molecule has 2 fully saturated rings. The highest BCUT2D eigenvalue weighted by atomic mass is 19.1. The summed E-state index contributed by atoms with van der Waals surface area (Å²) in [6, 6.07) is 13.1. The van der Waals surface area contributed by atoms with E-state index in [4.69, 9.17) is 24.1 Å². The minimum Gasteiger partial charge on any atom is -0.460 e. The van der Waals surface area contributed by atoms with Gasteiger partial charge in [0.25, 0.3) is 0 Å². The number of rotatable bonds is 12. The molecule has 6 rings (SSSR count). The molecular weight excluding hydrogens is 579 g/mol. The van der Waals surface area contributed by atoms with Gasteiger partial charge in [-0.1, -0.05) is 18.2 Å². The van der Waals surface area contributed by atoms with Crippen LogP contribution in [-0.4, -0.2) is 81.7 Å². The zero-order chi connectivity index (χ0) is 31.2. The van der Waals surface area contributed by atoms with E-state index in [2.05, 4.69) is 15.0 Å². The van der Waals surface area contributed by atoms with Crippen LogP contribution in [0.3, 0.4) is 0 Å². The number of methoxy groups -OCH3 is 1. The third-order valence-corrected chi connectivity index (χ3v) is 8.19. The Bertz CT molecular complexity index is 1580. The van der Waals surface area contributed by atoms with Gasteiger partial charge < -0.3 is 14.2 Å². The van der Waals surface area contributed by atoms with E-state index in [0.717, 1.165) is 35.3 Å². The predicted octanol–water partition coefficient (Wildman–Crippen LogP) is 4.48. The van der Waals surface area contributed by atoms with Gasteiger partial charge in [0, 0.05) is 76.0 Å². The second-order valence-electron chi connectivity index (χ2n) is 11.3. The molecule has 2 aliphatic heterocycles. The predicted molar refractivity (Wildman–Crippen MR) is 162 cm³/mol. The van der Waals surface area contributed by atoms with Crippen molar-refractivity contribution in [1.82, 2.24) is 29.8 Å². The Morgan fingerprint density at radius 1 is 1.09 bits per heavy atom. The van der Waals surface area contributed by atoms with Crippen molar-refractivity contribution >= 4 is 5.78 Å². The van der Waals surface area contributed by atoms with Crippen molar-refractivity contribution in [3.8, 4) is 23.0 Å². The second kappa shape index (κ2) is 14.3. The van der Waals surface area contributed by atoms with Crippen LogP contribution in [0.5, 0.6) is 6.01 Å². The molecule has 0 spiro atoms. The van der Waals surface area contributed by atoms with E-state index >= 15 is 0 Å². The van der Waals surface area contributed by atoms with Gasteiger partial charge in [-0.05, 0) is 42.3 Å². The lowest BCUT2D eigenvalue weighted by Gasteiger charge is -2.21. The summed E-state index contributed by atoms with van der Waals surface area (Å²) in [5.74, 6) is -0.737. The highest BCUT2D eigenvalue weighted by molar-refractivity contribution is 5.82. The van der Waals surface area contributed by atoms with Gasteiger partial charge >= 0.3 is 6.01 Å². The maximum atomic E-state index is 14.0. The van der Waals surface area contributed by atoms with Gasteiger partial charge in [-0.15, -0.1) is 0 Å². The number of hydrogen-bond donors (Lipinski definition) is 0.